The van der Waals surface area contributed by atoms with Crippen LogP contribution in [0.15, 0.2) is 23.3 Å². The van der Waals surface area contributed by atoms with E-state index in [2.05, 4.69) is 10.5 Å². The SMILES string of the molecule is C/C(=N\NC(=O)COc1cccc(C)c1C)C1CC1. The molecule has 1 aliphatic rings. The molecule has 19 heavy (non-hydrogen) atoms. The molecule has 0 bridgehead atoms. The molecular formula is C15H20N2O2. The molecule has 0 radical (unpaired) electrons. The molecule has 4 heteroatoms. The van der Waals surface area contributed by atoms with Crippen molar-refractivity contribution in [1.29, 1.82) is 0 Å². The molecule has 2 rings (SSSR count). The van der Waals surface area contributed by atoms with Crippen LogP contribution in [0.1, 0.15) is 30.9 Å². The molecule has 1 N–H and O–H groups in total. The zero-order valence-corrected chi connectivity index (χ0v) is 11.7. The topological polar surface area (TPSA) is 50.7 Å². The summed E-state index contributed by atoms with van der Waals surface area (Å²) < 4.78 is 5.51. The maximum Gasteiger partial charge on any atom is 0.277 e. The monoisotopic (exact) mass is 260 g/mol. The molecule has 1 aromatic rings. The van der Waals surface area contributed by atoms with E-state index in [-0.39, 0.29) is 12.5 Å². The van der Waals surface area contributed by atoms with Gasteiger partial charge < -0.3 is 4.74 Å². The first-order chi connectivity index (χ1) is 9.08. The van der Waals surface area contributed by atoms with Gasteiger partial charge in [-0.3, -0.25) is 4.79 Å². The first kappa shape index (κ1) is 13.6. The van der Waals surface area contributed by atoms with Crippen molar-refractivity contribution in [2.45, 2.75) is 33.6 Å². The summed E-state index contributed by atoms with van der Waals surface area (Å²) >= 11 is 0. The molecule has 102 valence electrons. The van der Waals surface area contributed by atoms with E-state index < -0.39 is 0 Å². The van der Waals surface area contributed by atoms with Crippen LogP contribution in [0.4, 0.5) is 0 Å². The zero-order chi connectivity index (χ0) is 13.8. The summed E-state index contributed by atoms with van der Waals surface area (Å²) in [4.78, 5) is 11.6. The number of hydrogen-bond acceptors (Lipinski definition) is 3. The van der Waals surface area contributed by atoms with Gasteiger partial charge in [0.15, 0.2) is 6.61 Å². The van der Waals surface area contributed by atoms with Crippen molar-refractivity contribution >= 4 is 11.6 Å². The third-order valence-electron chi connectivity index (χ3n) is 3.44. The number of nitrogens with zero attached hydrogens (tertiary/aromatic N) is 1. The van der Waals surface area contributed by atoms with E-state index in [0.717, 1.165) is 22.6 Å². The van der Waals surface area contributed by atoms with Crippen molar-refractivity contribution < 1.29 is 9.53 Å². The Kier molecular flexibility index (Phi) is 4.20. The third-order valence-corrected chi connectivity index (χ3v) is 3.44. The number of carbonyl (C=O) groups is 1. The predicted molar refractivity (Wildman–Crippen MR) is 75.4 cm³/mol. The van der Waals surface area contributed by atoms with Gasteiger partial charge in [0, 0.05) is 5.71 Å². The smallest absolute Gasteiger partial charge is 0.277 e. The van der Waals surface area contributed by atoms with Crippen molar-refractivity contribution in [3.8, 4) is 5.75 Å². The van der Waals surface area contributed by atoms with Gasteiger partial charge in [0.2, 0.25) is 0 Å². The molecule has 4 nitrogen and oxygen atoms in total. The van der Waals surface area contributed by atoms with Crippen molar-refractivity contribution in [2.75, 3.05) is 6.61 Å². The molecule has 0 heterocycles. The number of nitrogens with one attached hydrogen (secondary N) is 1. The Hall–Kier alpha value is -1.84. The number of aryl methyl sites for hydroxylation is 1. The molecule has 0 aliphatic heterocycles. The highest BCUT2D eigenvalue weighted by atomic mass is 16.5. The first-order valence-electron chi connectivity index (χ1n) is 6.60. The molecule has 1 fully saturated rings. The molecule has 0 saturated heterocycles. The summed E-state index contributed by atoms with van der Waals surface area (Å²) in [6.07, 6.45) is 2.37. The fourth-order valence-corrected chi connectivity index (χ4v) is 1.80. The van der Waals surface area contributed by atoms with Crippen molar-refractivity contribution in [3.05, 3.63) is 29.3 Å². The summed E-state index contributed by atoms with van der Waals surface area (Å²) in [5.41, 5.74) is 5.75. The highest BCUT2D eigenvalue weighted by molar-refractivity contribution is 5.88. The predicted octanol–water partition coefficient (Wildman–Crippen LogP) is 2.58. The van der Waals surface area contributed by atoms with Crippen molar-refractivity contribution in [1.82, 2.24) is 5.43 Å². The van der Waals surface area contributed by atoms with Gasteiger partial charge in [-0.25, -0.2) is 5.43 Å². The Morgan fingerprint density at radius 1 is 1.42 bits per heavy atom. The van der Waals surface area contributed by atoms with Gasteiger partial charge in [-0.1, -0.05) is 12.1 Å². The minimum Gasteiger partial charge on any atom is -0.483 e. The fraction of sp³-hybridized carbons (Fsp3) is 0.467. The second kappa shape index (κ2) is 5.87. The molecule has 0 atom stereocenters. The van der Waals surface area contributed by atoms with E-state index in [1.165, 1.54) is 12.8 Å². The van der Waals surface area contributed by atoms with Crippen LogP contribution in [0.2, 0.25) is 0 Å². The lowest BCUT2D eigenvalue weighted by molar-refractivity contribution is -0.123. The van der Waals surface area contributed by atoms with Gasteiger partial charge in [-0.05, 0) is 56.7 Å². The molecule has 0 spiro atoms. The van der Waals surface area contributed by atoms with Gasteiger partial charge in [0.1, 0.15) is 5.75 Å². The number of rotatable bonds is 5. The van der Waals surface area contributed by atoms with Gasteiger partial charge in [-0.2, -0.15) is 5.10 Å². The number of hydrazone groups is 1. The number of benzene rings is 1. The highest BCUT2D eigenvalue weighted by Crippen LogP contribution is 2.30. The minimum atomic E-state index is -0.221. The normalized spacial score (nSPS) is 15.2. The fourth-order valence-electron chi connectivity index (χ4n) is 1.80. The summed E-state index contributed by atoms with van der Waals surface area (Å²) in [5.74, 6) is 1.10. The van der Waals surface area contributed by atoms with Crippen LogP contribution in [0.3, 0.4) is 0 Å². The lowest BCUT2D eigenvalue weighted by atomic mass is 10.1. The minimum absolute atomic E-state index is 0.00819. The molecule has 1 aromatic carbocycles. The number of hydrogen-bond donors (Lipinski definition) is 1. The third kappa shape index (κ3) is 3.81. The van der Waals surface area contributed by atoms with E-state index in [0.29, 0.717) is 5.92 Å². The number of amides is 1. The van der Waals surface area contributed by atoms with E-state index in [1.807, 2.05) is 39.0 Å². The Balaban J connectivity index is 1.83. The average molecular weight is 260 g/mol. The molecule has 1 saturated carbocycles. The van der Waals surface area contributed by atoms with Crippen molar-refractivity contribution in [2.24, 2.45) is 11.0 Å². The lowest BCUT2D eigenvalue weighted by Gasteiger charge is -2.10. The van der Waals surface area contributed by atoms with Crippen LogP contribution in [-0.2, 0) is 4.79 Å². The maximum absolute atomic E-state index is 11.6. The molecule has 1 aliphatic carbocycles. The van der Waals surface area contributed by atoms with Gasteiger partial charge in [0.05, 0.1) is 0 Å². The Morgan fingerprint density at radius 3 is 2.84 bits per heavy atom. The van der Waals surface area contributed by atoms with Gasteiger partial charge in [0.25, 0.3) is 5.91 Å². The Morgan fingerprint density at radius 2 is 2.16 bits per heavy atom. The number of ether oxygens (including phenoxy) is 1. The van der Waals surface area contributed by atoms with E-state index >= 15 is 0 Å². The van der Waals surface area contributed by atoms with Crippen LogP contribution in [0.5, 0.6) is 5.75 Å². The van der Waals surface area contributed by atoms with Crippen molar-refractivity contribution in [3.63, 3.8) is 0 Å². The van der Waals surface area contributed by atoms with Crippen LogP contribution in [0, 0.1) is 19.8 Å². The van der Waals surface area contributed by atoms with Crippen LogP contribution in [-0.4, -0.2) is 18.2 Å². The van der Waals surface area contributed by atoms with E-state index in [1.54, 1.807) is 0 Å². The first-order valence-corrected chi connectivity index (χ1v) is 6.60. The summed E-state index contributed by atoms with van der Waals surface area (Å²) in [6.45, 7) is 5.94. The Bertz CT molecular complexity index is 505. The van der Waals surface area contributed by atoms with E-state index in [4.69, 9.17) is 4.74 Å². The van der Waals surface area contributed by atoms with Crippen LogP contribution in [0.25, 0.3) is 0 Å². The standard InChI is InChI=1S/C15H20N2O2/c1-10-5-4-6-14(11(10)2)19-9-15(18)17-16-12(3)13-7-8-13/h4-6,13H,7-9H2,1-3H3,(H,17,18)/b16-12+. The summed E-state index contributed by atoms with van der Waals surface area (Å²) in [7, 11) is 0. The molecular weight excluding hydrogens is 240 g/mol. The van der Waals surface area contributed by atoms with Crippen LogP contribution < -0.4 is 10.2 Å². The Labute approximate surface area is 113 Å². The zero-order valence-electron chi connectivity index (χ0n) is 11.7. The van der Waals surface area contributed by atoms with Gasteiger partial charge in [-0.15, -0.1) is 0 Å². The second-order valence-corrected chi connectivity index (χ2v) is 5.05. The summed E-state index contributed by atoms with van der Waals surface area (Å²) in [6, 6.07) is 5.81. The maximum atomic E-state index is 11.6. The highest BCUT2D eigenvalue weighted by Gasteiger charge is 2.24. The van der Waals surface area contributed by atoms with Gasteiger partial charge >= 0.3 is 0 Å². The average Bonchev–Trinajstić information content (AvgIpc) is 3.22. The largest absolute Gasteiger partial charge is 0.483 e. The van der Waals surface area contributed by atoms with Crippen LogP contribution >= 0.6 is 0 Å². The van der Waals surface area contributed by atoms with E-state index in [9.17, 15) is 4.79 Å². The molecule has 0 aromatic heterocycles. The molecule has 0 unspecified atom stereocenters. The quantitative estimate of drug-likeness (QED) is 0.653. The second-order valence-electron chi connectivity index (χ2n) is 5.05. The summed E-state index contributed by atoms with van der Waals surface area (Å²) in [5, 5.41) is 4.08. The number of carbonyl (C=O) groups excluding carboxylic acids is 1. The lowest BCUT2D eigenvalue weighted by Crippen LogP contribution is -2.25. The molecule has 1 amide bonds.